The fourth-order valence-electron chi connectivity index (χ4n) is 1.60. The number of amides is 1. The molecule has 0 aliphatic carbocycles. The molecule has 3 nitrogen and oxygen atoms in total. The van der Waals surface area contributed by atoms with Gasteiger partial charge in [-0.2, -0.15) is 0 Å². The van der Waals surface area contributed by atoms with Gasteiger partial charge in [0, 0.05) is 17.1 Å². The molecule has 0 aromatic heterocycles. The average molecular weight is 269 g/mol. The molecule has 1 aromatic rings. The van der Waals surface area contributed by atoms with Crippen LogP contribution in [0.25, 0.3) is 0 Å². The molecule has 1 atom stereocenters. The number of carbonyl (C=O) groups is 1. The summed E-state index contributed by atoms with van der Waals surface area (Å²) >= 11 is 5.92. The topological polar surface area (TPSA) is 55.1 Å². The Morgan fingerprint density at radius 2 is 2.11 bits per heavy atom. The van der Waals surface area contributed by atoms with Gasteiger partial charge >= 0.3 is 0 Å². The fourth-order valence-corrected chi connectivity index (χ4v) is 1.77. The lowest BCUT2D eigenvalue weighted by Gasteiger charge is -2.33. The Labute approximate surface area is 114 Å². The molecular weight excluding hydrogens is 248 g/mol. The summed E-state index contributed by atoms with van der Waals surface area (Å²) in [6, 6.07) is 5.30. The highest BCUT2D eigenvalue weighted by molar-refractivity contribution is 6.31. The van der Waals surface area contributed by atoms with E-state index < -0.39 is 5.54 Å². The number of carbonyl (C=O) groups excluding carboxylic acids is 1. The number of rotatable bonds is 4. The highest BCUT2D eigenvalue weighted by atomic mass is 35.5. The van der Waals surface area contributed by atoms with Crippen LogP contribution in [0.4, 0.5) is 0 Å². The molecule has 1 aromatic carbocycles. The van der Waals surface area contributed by atoms with Crippen LogP contribution in [0.5, 0.6) is 0 Å². The minimum Gasteiger partial charge on any atom is -0.345 e. The summed E-state index contributed by atoms with van der Waals surface area (Å²) in [6.45, 7) is 8.32. The smallest absolute Gasteiger partial charge is 0.252 e. The maximum absolute atomic E-state index is 12.3. The Kier molecular flexibility index (Phi) is 4.77. The number of benzene rings is 1. The van der Waals surface area contributed by atoms with E-state index in [9.17, 15) is 4.79 Å². The number of halogens is 1. The van der Waals surface area contributed by atoms with Gasteiger partial charge in [0.05, 0.1) is 5.54 Å². The lowest BCUT2D eigenvalue weighted by molar-refractivity contribution is 0.0882. The van der Waals surface area contributed by atoms with Crippen molar-refractivity contribution >= 4 is 17.5 Å². The fraction of sp³-hybridized carbons (Fsp3) is 0.500. The van der Waals surface area contributed by atoms with Crippen molar-refractivity contribution in [3.05, 3.63) is 34.3 Å². The van der Waals surface area contributed by atoms with Crippen LogP contribution >= 0.6 is 11.6 Å². The molecule has 1 unspecified atom stereocenters. The highest BCUT2D eigenvalue weighted by Crippen LogP contribution is 2.19. The lowest BCUT2D eigenvalue weighted by atomic mass is 9.88. The summed E-state index contributed by atoms with van der Waals surface area (Å²) in [5, 5.41) is 3.56. The van der Waals surface area contributed by atoms with Crippen molar-refractivity contribution in [2.24, 2.45) is 11.7 Å². The van der Waals surface area contributed by atoms with Gasteiger partial charge in [-0.05, 0) is 37.5 Å². The van der Waals surface area contributed by atoms with E-state index in [1.807, 2.05) is 33.8 Å². The Hall–Kier alpha value is -1.06. The van der Waals surface area contributed by atoms with Crippen molar-refractivity contribution in [1.82, 2.24) is 5.32 Å². The Morgan fingerprint density at radius 3 is 2.61 bits per heavy atom. The first-order valence-corrected chi connectivity index (χ1v) is 6.46. The first-order valence-electron chi connectivity index (χ1n) is 6.09. The summed E-state index contributed by atoms with van der Waals surface area (Å²) < 4.78 is 0. The molecule has 0 bridgehead atoms. The monoisotopic (exact) mass is 268 g/mol. The molecule has 1 amide bonds. The van der Waals surface area contributed by atoms with Crippen molar-refractivity contribution in [3.8, 4) is 0 Å². The zero-order chi connectivity index (χ0) is 13.9. The minimum absolute atomic E-state index is 0.128. The highest BCUT2D eigenvalue weighted by Gasteiger charge is 2.29. The summed E-state index contributed by atoms with van der Waals surface area (Å²) in [5.74, 6) is 0.127. The van der Waals surface area contributed by atoms with Crippen LogP contribution < -0.4 is 11.1 Å². The van der Waals surface area contributed by atoms with E-state index in [1.54, 1.807) is 12.1 Å². The van der Waals surface area contributed by atoms with Gasteiger partial charge in [0.15, 0.2) is 0 Å². The summed E-state index contributed by atoms with van der Waals surface area (Å²) in [7, 11) is 0. The first-order chi connectivity index (χ1) is 8.30. The first kappa shape index (κ1) is 15.0. The summed E-state index contributed by atoms with van der Waals surface area (Å²) in [5.41, 5.74) is 6.85. The molecule has 3 N–H and O–H groups in total. The van der Waals surface area contributed by atoms with Crippen LogP contribution in [-0.2, 0) is 0 Å². The standard InChI is InChI=1S/C14H21ClN2O/c1-9(2)14(4,8-16)17-13(18)12-7-11(15)6-5-10(12)3/h5-7,9H,8,16H2,1-4H3,(H,17,18). The third kappa shape index (κ3) is 3.24. The second-order valence-corrected chi connectivity index (χ2v) is 5.63. The van der Waals surface area contributed by atoms with Gasteiger partial charge in [-0.25, -0.2) is 0 Å². The van der Waals surface area contributed by atoms with Gasteiger partial charge in [-0.15, -0.1) is 0 Å². The quantitative estimate of drug-likeness (QED) is 0.882. The van der Waals surface area contributed by atoms with E-state index in [4.69, 9.17) is 17.3 Å². The van der Waals surface area contributed by atoms with Crippen molar-refractivity contribution in [2.75, 3.05) is 6.54 Å². The molecule has 0 spiro atoms. The molecule has 0 aliphatic rings. The Morgan fingerprint density at radius 1 is 1.50 bits per heavy atom. The van der Waals surface area contributed by atoms with Crippen LogP contribution in [0.3, 0.4) is 0 Å². The maximum Gasteiger partial charge on any atom is 0.252 e. The van der Waals surface area contributed by atoms with Crippen LogP contribution in [0.1, 0.15) is 36.7 Å². The summed E-state index contributed by atoms with van der Waals surface area (Å²) in [4.78, 5) is 12.3. The summed E-state index contributed by atoms with van der Waals surface area (Å²) in [6.07, 6.45) is 0. The largest absolute Gasteiger partial charge is 0.345 e. The SMILES string of the molecule is Cc1ccc(Cl)cc1C(=O)NC(C)(CN)C(C)C. The van der Waals surface area contributed by atoms with Crippen LogP contribution in [-0.4, -0.2) is 18.0 Å². The normalized spacial score (nSPS) is 14.4. The van der Waals surface area contributed by atoms with Crippen molar-refractivity contribution in [1.29, 1.82) is 0 Å². The van der Waals surface area contributed by atoms with Gasteiger partial charge in [0.1, 0.15) is 0 Å². The Bertz CT molecular complexity index is 445. The predicted octanol–water partition coefficient (Wildman–Crippen LogP) is 2.75. The van der Waals surface area contributed by atoms with Gasteiger partial charge in [-0.1, -0.05) is 31.5 Å². The van der Waals surface area contributed by atoms with E-state index in [2.05, 4.69) is 5.32 Å². The zero-order valence-electron chi connectivity index (χ0n) is 11.4. The number of aryl methyl sites for hydroxylation is 1. The van der Waals surface area contributed by atoms with Gasteiger partial charge in [0.25, 0.3) is 5.91 Å². The maximum atomic E-state index is 12.3. The van der Waals surface area contributed by atoms with E-state index in [-0.39, 0.29) is 11.8 Å². The van der Waals surface area contributed by atoms with Gasteiger partial charge in [0.2, 0.25) is 0 Å². The predicted molar refractivity (Wildman–Crippen MR) is 76.0 cm³/mol. The van der Waals surface area contributed by atoms with Crippen LogP contribution in [0, 0.1) is 12.8 Å². The minimum atomic E-state index is -0.411. The molecule has 100 valence electrons. The Balaban J connectivity index is 2.98. The van der Waals surface area contributed by atoms with E-state index in [0.29, 0.717) is 17.1 Å². The van der Waals surface area contributed by atoms with Gasteiger partial charge < -0.3 is 11.1 Å². The molecule has 1 rings (SSSR count). The molecule has 0 heterocycles. The molecule has 0 saturated carbocycles. The third-order valence-electron chi connectivity index (χ3n) is 3.54. The molecule has 18 heavy (non-hydrogen) atoms. The van der Waals surface area contributed by atoms with E-state index >= 15 is 0 Å². The van der Waals surface area contributed by atoms with Crippen molar-refractivity contribution in [2.45, 2.75) is 33.2 Å². The molecule has 0 aliphatic heterocycles. The van der Waals surface area contributed by atoms with E-state index in [1.165, 1.54) is 0 Å². The van der Waals surface area contributed by atoms with Crippen molar-refractivity contribution in [3.63, 3.8) is 0 Å². The second-order valence-electron chi connectivity index (χ2n) is 5.19. The molecule has 0 fully saturated rings. The molecule has 0 saturated heterocycles. The van der Waals surface area contributed by atoms with E-state index in [0.717, 1.165) is 5.56 Å². The molecule has 0 radical (unpaired) electrons. The number of hydrogen-bond acceptors (Lipinski definition) is 2. The molecule has 4 heteroatoms. The van der Waals surface area contributed by atoms with Crippen LogP contribution in [0.2, 0.25) is 5.02 Å². The lowest BCUT2D eigenvalue weighted by Crippen LogP contribution is -2.55. The van der Waals surface area contributed by atoms with Crippen molar-refractivity contribution < 1.29 is 4.79 Å². The zero-order valence-corrected chi connectivity index (χ0v) is 12.1. The van der Waals surface area contributed by atoms with Gasteiger partial charge in [-0.3, -0.25) is 4.79 Å². The third-order valence-corrected chi connectivity index (χ3v) is 3.78. The number of hydrogen-bond donors (Lipinski definition) is 2. The number of nitrogens with two attached hydrogens (primary N) is 1. The number of nitrogens with one attached hydrogen (secondary N) is 1. The molecular formula is C14H21ClN2O. The second kappa shape index (κ2) is 5.72. The average Bonchev–Trinajstić information content (AvgIpc) is 2.31. The van der Waals surface area contributed by atoms with Crippen LogP contribution in [0.15, 0.2) is 18.2 Å².